The first-order valence-corrected chi connectivity index (χ1v) is 8.26. The summed E-state index contributed by atoms with van der Waals surface area (Å²) in [7, 11) is 0. The molecule has 2 N–H and O–H groups in total. The number of carbonyl (C=O) groups is 2. The molecule has 25 heavy (non-hydrogen) atoms. The number of esters is 2. The molecular formula is C14H16BrN5O5. The molecule has 0 spiro atoms. The van der Waals surface area contributed by atoms with Crippen molar-refractivity contribution in [1.29, 1.82) is 0 Å². The smallest absolute Gasteiger partial charge is 0.303 e. The predicted molar refractivity (Wildman–Crippen MR) is 88.1 cm³/mol. The molecule has 10 nitrogen and oxygen atoms in total. The molecule has 0 unspecified atom stereocenters. The number of imidazole rings is 1. The third kappa shape index (κ3) is 3.56. The normalized spacial score (nSPS) is 22.9. The zero-order valence-electron chi connectivity index (χ0n) is 13.5. The summed E-state index contributed by atoms with van der Waals surface area (Å²) in [6.07, 6.45) is -0.0123. The highest BCUT2D eigenvalue weighted by atomic mass is 79.9. The third-order valence-corrected chi connectivity index (χ3v) is 4.26. The number of fused-ring (bicyclic) bond motifs is 1. The van der Waals surface area contributed by atoms with Gasteiger partial charge in [0, 0.05) is 20.3 Å². The van der Waals surface area contributed by atoms with E-state index in [9.17, 15) is 9.59 Å². The molecule has 1 aliphatic heterocycles. The Hall–Kier alpha value is -2.27. The van der Waals surface area contributed by atoms with Crippen molar-refractivity contribution in [2.24, 2.45) is 0 Å². The Balaban J connectivity index is 1.90. The molecular weight excluding hydrogens is 398 g/mol. The maximum atomic E-state index is 11.3. The van der Waals surface area contributed by atoms with Gasteiger partial charge < -0.3 is 19.9 Å². The SMILES string of the molecule is CC(=O)OC[C@H]1O[C@@H](n2c(Br)nc3c(N)ncnc32)C[C@@H]1OC(C)=O. The minimum atomic E-state index is -0.596. The summed E-state index contributed by atoms with van der Waals surface area (Å²) in [5.41, 5.74) is 6.74. The summed E-state index contributed by atoms with van der Waals surface area (Å²) < 4.78 is 18.4. The van der Waals surface area contributed by atoms with E-state index in [2.05, 4.69) is 30.9 Å². The lowest BCUT2D eigenvalue weighted by Gasteiger charge is -2.17. The Bertz CT molecular complexity index is 825. The lowest BCUT2D eigenvalue weighted by molar-refractivity contribution is -0.155. The van der Waals surface area contributed by atoms with Gasteiger partial charge in [-0.3, -0.25) is 14.2 Å². The molecule has 3 rings (SSSR count). The highest BCUT2D eigenvalue weighted by molar-refractivity contribution is 9.10. The van der Waals surface area contributed by atoms with Crippen LogP contribution in [0.5, 0.6) is 0 Å². The Kier molecular flexibility index (Phi) is 4.86. The number of aromatic nitrogens is 4. The number of halogens is 1. The first kappa shape index (κ1) is 17.5. The Morgan fingerprint density at radius 3 is 2.84 bits per heavy atom. The van der Waals surface area contributed by atoms with Crippen LogP contribution in [0.3, 0.4) is 0 Å². The van der Waals surface area contributed by atoms with Crippen LogP contribution in [-0.4, -0.2) is 50.3 Å². The summed E-state index contributed by atoms with van der Waals surface area (Å²) >= 11 is 3.36. The molecule has 1 saturated heterocycles. The highest BCUT2D eigenvalue weighted by Crippen LogP contribution is 2.36. The topological polar surface area (TPSA) is 131 Å². The summed E-state index contributed by atoms with van der Waals surface area (Å²) in [6, 6.07) is 0. The van der Waals surface area contributed by atoms with Gasteiger partial charge in [0.2, 0.25) is 0 Å². The molecule has 0 aromatic carbocycles. The van der Waals surface area contributed by atoms with E-state index in [1.807, 2.05) is 0 Å². The lowest BCUT2D eigenvalue weighted by atomic mass is 10.2. The fraction of sp³-hybridized carbons (Fsp3) is 0.500. The molecule has 0 bridgehead atoms. The summed E-state index contributed by atoms with van der Waals surface area (Å²) in [5.74, 6) is -0.637. The number of hydrogen-bond donors (Lipinski definition) is 1. The lowest BCUT2D eigenvalue weighted by Crippen LogP contribution is -2.31. The van der Waals surface area contributed by atoms with Crippen molar-refractivity contribution in [1.82, 2.24) is 19.5 Å². The number of nitrogens with two attached hydrogens (primary N) is 1. The van der Waals surface area contributed by atoms with Gasteiger partial charge in [-0.15, -0.1) is 0 Å². The van der Waals surface area contributed by atoms with Crippen LogP contribution in [0, 0.1) is 0 Å². The largest absolute Gasteiger partial charge is 0.463 e. The molecule has 3 atom stereocenters. The van der Waals surface area contributed by atoms with Gasteiger partial charge in [0.15, 0.2) is 21.7 Å². The molecule has 2 aromatic heterocycles. The summed E-state index contributed by atoms with van der Waals surface area (Å²) in [5, 5.41) is 0. The van der Waals surface area contributed by atoms with Gasteiger partial charge in [-0.2, -0.15) is 0 Å². The van der Waals surface area contributed by atoms with Gasteiger partial charge in [0.25, 0.3) is 0 Å². The van der Waals surface area contributed by atoms with E-state index >= 15 is 0 Å². The van der Waals surface area contributed by atoms with Crippen LogP contribution in [0.15, 0.2) is 11.1 Å². The van der Waals surface area contributed by atoms with Crippen LogP contribution < -0.4 is 5.73 Å². The third-order valence-electron chi connectivity index (χ3n) is 3.70. The number of nitrogens with zero attached hydrogens (tertiary/aromatic N) is 4. The Morgan fingerprint density at radius 1 is 1.40 bits per heavy atom. The summed E-state index contributed by atoms with van der Waals surface area (Å²) in [6.45, 7) is 2.59. The standard InChI is InChI=1S/C14H16BrN5O5/c1-6(21)23-4-9-8(24-7(2)22)3-10(25-9)20-13-11(19-14(20)15)12(16)17-5-18-13/h5,8-10H,3-4H2,1-2H3,(H2,16,17,18)/t8-,9+,10+/m0/s1. The Labute approximate surface area is 150 Å². The Morgan fingerprint density at radius 2 is 2.16 bits per heavy atom. The van der Waals surface area contributed by atoms with Gasteiger partial charge in [-0.25, -0.2) is 15.0 Å². The van der Waals surface area contributed by atoms with Gasteiger partial charge in [0.1, 0.15) is 31.4 Å². The monoisotopic (exact) mass is 413 g/mol. The molecule has 0 radical (unpaired) electrons. The molecule has 0 amide bonds. The number of anilines is 1. The van der Waals surface area contributed by atoms with E-state index in [4.69, 9.17) is 19.9 Å². The maximum Gasteiger partial charge on any atom is 0.303 e. The van der Waals surface area contributed by atoms with Crippen molar-refractivity contribution in [3.8, 4) is 0 Å². The van der Waals surface area contributed by atoms with Crippen molar-refractivity contribution in [3.05, 3.63) is 11.1 Å². The fourth-order valence-electron chi connectivity index (χ4n) is 2.70. The van der Waals surface area contributed by atoms with E-state index in [1.54, 1.807) is 4.57 Å². The molecule has 134 valence electrons. The number of nitrogen functional groups attached to an aromatic ring is 1. The second-order valence-electron chi connectivity index (χ2n) is 5.50. The van der Waals surface area contributed by atoms with Crippen molar-refractivity contribution < 1.29 is 23.8 Å². The second kappa shape index (κ2) is 6.92. The van der Waals surface area contributed by atoms with Gasteiger partial charge in [-0.1, -0.05) is 0 Å². The number of ether oxygens (including phenoxy) is 3. The number of hydrogen-bond acceptors (Lipinski definition) is 9. The van der Waals surface area contributed by atoms with E-state index in [0.717, 1.165) is 0 Å². The quantitative estimate of drug-likeness (QED) is 0.574. The highest BCUT2D eigenvalue weighted by Gasteiger charge is 2.40. The van der Waals surface area contributed by atoms with Gasteiger partial charge in [-0.05, 0) is 15.9 Å². The minimum absolute atomic E-state index is 0.0227. The average molecular weight is 414 g/mol. The summed E-state index contributed by atoms with van der Waals surface area (Å²) in [4.78, 5) is 34.8. The van der Waals surface area contributed by atoms with Gasteiger partial charge >= 0.3 is 11.9 Å². The van der Waals surface area contributed by atoms with E-state index in [0.29, 0.717) is 22.3 Å². The van der Waals surface area contributed by atoms with Crippen molar-refractivity contribution in [2.75, 3.05) is 12.3 Å². The van der Waals surface area contributed by atoms with Crippen LogP contribution in [0.25, 0.3) is 11.2 Å². The first-order chi connectivity index (χ1) is 11.9. The maximum absolute atomic E-state index is 11.3. The minimum Gasteiger partial charge on any atom is -0.463 e. The van der Waals surface area contributed by atoms with E-state index in [-0.39, 0.29) is 12.4 Å². The van der Waals surface area contributed by atoms with E-state index < -0.39 is 30.4 Å². The van der Waals surface area contributed by atoms with Crippen LogP contribution in [0.4, 0.5) is 5.82 Å². The van der Waals surface area contributed by atoms with Gasteiger partial charge in [0.05, 0.1) is 0 Å². The van der Waals surface area contributed by atoms with Crippen LogP contribution in [-0.2, 0) is 23.8 Å². The molecule has 1 aliphatic rings. The van der Waals surface area contributed by atoms with Crippen LogP contribution in [0.2, 0.25) is 0 Å². The molecule has 0 saturated carbocycles. The zero-order chi connectivity index (χ0) is 18.1. The van der Waals surface area contributed by atoms with Crippen LogP contribution >= 0.6 is 15.9 Å². The molecule has 2 aromatic rings. The van der Waals surface area contributed by atoms with Crippen LogP contribution in [0.1, 0.15) is 26.5 Å². The fourth-order valence-corrected chi connectivity index (χ4v) is 3.27. The van der Waals surface area contributed by atoms with Crippen molar-refractivity contribution in [2.45, 2.75) is 38.7 Å². The molecule has 3 heterocycles. The second-order valence-corrected chi connectivity index (χ2v) is 6.21. The number of carbonyl (C=O) groups excluding carboxylic acids is 2. The number of rotatable bonds is 4. The first-order valence-electron chi connectivity index (χ1n) is 7.46. The van der Waals surface area contributed by atoms with E-state index in [1.165, 1.54) is 20.2 Å². The molecule has 11 heteroatoms. The zero-order valence-corrected chi connectivity index (χ0v) is 15.1. The molecule has 1 fully saturated rings. The predicted octanol–water partition coefficient (Wildman–Crippen LogP) is 0.953. The average Bonchev–Trinajstić information content (AvgIpc) is 3.05. The molecule has 0 aliphatic carbocycles. The van der Waals surface area contributed by atoms with Crippen molar-refractivity contribution >= 4 is 44.9 Å². The van der Waals surface area contributed by atoms with Crippen molar-refractivity contribution in [3.63, 3.8) is 0 Å².